The van der Waals surface area contributed by atoms with E-state index in [1.807, 2.05) is 7.05 Å². The summed E-state index contributed by atoms with van der Waals surface area (Å²) in [7, 11) is 1.85. The molecule has 4 rings (SSSR count). The lowest BCUT2D eigenvalue weighted by atomic mass is 9.95. The molecule has 2 heterocycles. The summed E-state index contributed by atoms with van der Waals surface area (Å²) >= 11 is 0. The zero-order valence-corrected chi connectivity index (χ0v) is 16.4. The smallest absolute Gasteiger partial charge is 0.272 e. The van der Waals surface area contributed by atoms with Crippen LogP contribution < -0.4 is 5.32 Å². The second-order valence-corrected chi connectivity index (χ2v) is 8.37. The van der Waals surface area contributed by atoms with Gasteiger partial charge in [-0.15, -0.1) is 0 Å². The standard InChI is InChI=1S/C20H30N4O3/c1-20(19(26)21-14-7-3-4-8-14)13-24(11-12-27-20)18(25)17-15-9-5-6-10-16(15)22-23(17)2/h14H,3-13H2,1-2H3,(H,21,26)/t20-/m1/s1. The Morgan fingerprint density at radius 3 is 2.70 bits per heavy atom. The van der Waals surface area contributed by atoms with Gasteiger partial charge in [0, 0.05) is 25.2 Å². The quantitative estimate of drug-likeness (QED) is 0.872. The van der Waals surface area contributed by atoms with Gasteiger partial charge in [0.1, 0.15) is 5.69 Å². The normalized spacial score (nSPS) is 26.1. The number of hydrogen-bond donors (Lipinski definition) is 1. The number of aryl methyl sites for hydroxylation is 2. The number of carbonyl (C=O) groups excluding carboxylic acids is 2. The van der Waals surface area contributed by atoms with Crippen LogP contribution in [-0.2, 0) is 29.4 Å². The maximum Gasteiger partial charge on any atom is 0.272 e. The highest BCUT2D eigenvalue weighted by atomic mass is 16.5. The van der Waals surface area contributed by atoms with E-state index in [2.05, 4.69) is 10.4 Å². The maximum atomic E-state index is 13.3. The van der Waals surface area contributed by atoms with Crippen LogP contribution in [0.1, 0.15) is 67.2 Å². The van der Waals surface area contributed by atoms with Gasteiger partial charge in [0.15, 0.2) is 5.60 Å². The van der Waals surface area contributed by atoms with Gasteiger partial charge in [-0.05, 0) is 45.4 Å². The van der Waals surface area contributed by atoms with Crippen LogP contribution in [0.3, 0.4) is 0 Å². The van der Waals surface area contributed by atoms with Crippen LogP contribution in [-0.4, -0.2) is 57.8 Å². The number of rotatable bonds is 3. The third-order valence-electron chi connectivity index (χ3n) is 6.25. The average molecular weight is 374 g/mol. The van der Waals surface area contributed by atoms with Crippen LogP contribution in [0.15, 0.2) is 0 Å². The number of carbonyl (C=O) groups is 2. The lowest BCUT2D eigenvalue weighted by Crippen LogP contribution is -2.60. The number of fused-ring (bicyclic) bond motifs is 1. The Morgan fingerprint density at radius 1 is 1.19 bits per heavy atom. The molecule has 1 aromatic heterocycles. The molecule has 2 amide bonds. The first-order valence-corrected chi connectivity index (χ1v) is 10.3. The van der Waals surface area contributed by atoms with Gasteiger partial charge >= 0.3 is 0 Å². The Morgan fingerprint density at radius 2 is 1.93 bits per heavy atom. The molecular formula is C20H30N4O3. The molecule has 7 nitrogen and oxygen atoms in total. The molecule has 148 valence electrons. The zero-order chi connectivity index (χ0) is 19.0. The van der Waals surface area contributed by atoms with E-state index in [9.17, 15) is 9.59 Å². The SMILES string of the molecule is Cn1nc2c(c1C(=O)N1CCO[C@@](C)(C(=O)NC3CCCC3)C1)CCCC2. The minimum atomic E-state index is -0.991. The summed E-state index contributed by atoms with van der Waals surface area (Å²) < 4.78 is 7.58. The van der Waals surface area contributed by atoms with Crippen molar-refractivity contribution in [1.29, 1.82) is 0 Å². The largest absolute Gasteiger partial charge is 0.362 e. The van der Waals surface area contributed by atoms with Crippen LogP contribution >= 0.6 is 0 Å². The summed E-state index contributed by atoms with van der Waals surface area (Å²) in [5, 5.41) is 7.69. The average Bonchev–Trinajstić information content (AvgIpc) is 3.27. The van der Waals surface area contributed by atoms with Crippen LogP contribution in [0.2, 0.25) is 0 Å². The molecule has 0 aromatic carbocycles. The van der Waals surface area contributed by atoms with Crippen LogP contribution in [0.5, 0.6) is 0 Å². The van der Waals surface area contributed by atoms with Crippen molar-refractivity contribution in [2.45, 2.75) is 69.9 Å². The molecule has 0 radical (unpaired) electrons. The van der Waals surface area contributed by atoms with Gasteiger partial charge in [0.05, 0.1) is 18.8 Å². The molecule has 3 aliphatic rings. The Labute approximate surface area is 160 Å². The predicted octanol–water partition coefficient (Wildman–Crippen LogP) is 1.59. The van der Waals surface area contributed by atoms with Crippen molar-refractivity contribution >= 4 is 11.8 Å². The Hall–Kier alpha value is -1.89. The van der Waals surface area contributed by atoms with E-state index in [1.54, 1.807) is 16.5 Å². The van der Waals surface area contributed by atoms with E-state index >= 15 is 0 Å². The van der Waals surface area contributed by atoms with Crippen molar-refractivity contribution in [3.63, 3.8) is 0 Å². The van der Waals surface area contributed by atoms with Crippen molar-refractivity contribution in [2.75, 3.05) is 19.7 Å². The van der Waals surface area contributed by atoms with Crippen molar-refractivity contribution < 1.29 is 14.3 Å². The highest BCUT2D eigenvalue weighted by molar-refractivity contribution is 5.95. The molecule has 7 heteroatoms. The number of aromatic nitrogens is 2. The first-order chi connectivity index (χ1) is 13.0. The number of ether oxygens (including phenoxy) is 1. The second-order valence-electron chi connectivity index (χ2n) is 8.37. The lowest BCUT2D eigenvalue weighted by Gasteiger charge is -2.39. The minimum absolute atomic E-state index is 0.0312. The fourth-order valence-corrected chi connectivity index (χ4v) is 4.69. The van der Waals surface area contributed by atoms with Crippen molar-refractivity contribution in [3.05, 3.63) is 17.0 Å². The van der Waals surface area contributed by atoms with Gasteiger partial charge in [-0.25, -0.2) is 0 Å². The van der Waals surface area contributed by atoms with Crippen molar-refractivity contribution in [1.82, 2.24) is 20.0 Å². The van der Waals surface area contributed by atoms with E-state index < -0.39 is 5.60 Å². The first-order valence-electron chi connectivity index (χ1n) is 10.3. The predicted molar refractivity (Wildman–Crippen MR) is 101 cm³/mol. The van der Waals surface area contributed by atoms with Gasteiger partial charge in [0.25, 0.3) is 11.8 Å². The summed E-state index contributed by atoms with van der Waals surface area (Å²) in [6.07, 6.45) is 8.49. The van der Waals surface area contributed by atoms with Gasteiger partial charge < -0.3 is 15.0 Å². The molecule has 1 atom stereocenters. The molecule has 0 unspecified atom stereocenters. The number of morpholine rings is 1. The number of hydrogen-bond acceptors (Lipinski definition) is 4. The van der Waals surface area contributed by atoms with Crippen molar-refractivity contribution in [2.24, 2.45) is 7.05 Å². The summed E-state index contributed by atoms with van der Waals surface area (Å²) in [5.74, 6) is -0.129. The van der Waals surface area contributed by atoms with Crippen molar-refractivity contribution in [3.8, 4) is 0 Å². The van der Waals surface area contributed by atoms with Gasteiger partial charge in [0.2, 0.25) is 0 Å². The number of nitrogens with zero attached hydrogens (tertiary/aromatic N) is 3. The van der Waals surface area contributed by atoms with Gasteiger partial charge in [-0.3, -0.25) is 14.3 Å². The molecule has 1 N–H and O–H groups in total. The summed E-state index contributed by atoms with van der Waals surface area (Å²) in [4.78, 5) is 27.9. The van der Waals surface area contributed by atoms with Gasteiger partial charge in [-0.1, -0.05) is 12.8 Å². The molecular weight excluding hydrogens is 344 g/mol. The third-order valence-corrected chi connectivity index (χ3v) is 6.25. The summed E-state index contributed by atoms with van der Waals surface area (Å²) in [5.41, 5.74) is 1.85. The molecule has 1 saturated carbocycles. The van der Waals surface area contributed by atoms with Gasteiger partial charge in [-0.2, -0.15) is 5.10 Å². The van der Waals surface area contributed by atoms with Crippen LogP contribution in [0.4, 0.5) is 0 Å². The number of amides is 2. The fraction of sp³-hybridized carbons (Fsp3) is 0.750. The van der Waals surface area contributed by atoms with E-state index in [1.165, 1.54) is 12.8 Å². The van der Waals surface area contributed by atoms with Crippen LogP contribution in [0.25, 0.3) is 0 Å². The second kappa shape index (κ2) is 7.26. The minimum Gasteiger partial charge on any atom is -0.362 e. The summed E-state index contributed by atoms with van der Waals surface area (Å²) in [6, 6.07) is 0.244. The Kier molecular flexibility index (Phi) is 4.97. The van der Waals surface area contributed by atoms with Crippen LogP contribution in [0, 0.1) is 0 Å². The lowest BCUT2D eigenvalue weighted by molar-refractivity contribution is -0.154. The third kappa shape index (κ3) is 3.49. The molecule has 2 fully saturated rings. The molecule has 27 heavy (non-hydrogen) atoms. The highest BCUT2D eigenvalue weighted by Gasteiger charge is 2.42. The molecule has 1 aliphatic heterocycles. The Bertz CT molecular complexity index is 738. The highest BCUT2D eigenvalue weighted by Crippen LogP contribution is 2.27. The molecule has 0 spiro atoms. The molecule has 1 aromatic rings. The Balaban J connectivity index is 1.50. The number of nitrogens with one attached hydrogen (secondary N) is 1. The monoisotopic (exact) mass is 374 g/mol. The van der Waals surface area contributed by atoms with E-state index in [0.29, 0.717) is 18.8 Å². The van der Waals surface area contributed by atoms with E-state index in [4.69, 9.17) is 4.74 Å². The molecule has 2 aliphatic carbocycles. The topological polar surface area (TPSA) is 76.5 Å². The maximum absolute atomic E-state index is 13.3. The molecule has 0 bridgehead atoms. The van der Waals surface area contributed by atoms with E-state index in [-0.39, 0.29) is 24.4 Å². The van der Waals surface area contributed by atoms with E-state index in [0.717, 1.165) is 49.8 Å². The first kappa shape index (κ1) is 18.5. The summed E-state index contributed by atoms with van der Waals surface area (Å²) in [6.45, 7) is 2.96. The zero-order valence-electron chi connectivity index (χ0n) is 16.4. The fourth-order valence-electron chi connectivity index (χ4n) is 4.69. The molecule has 1 saturated heterocycles.